The van der Waals surface area contributed by atoms with E-state index in [4.69, 9.17) is 23.2 Å². The second kappa shape index (κ2) is 8.70. The van der Waals surface area contributed by atoms with Gasteiger partial charge < -0.3 is 9.79 Å². The summed E-state index contributed by atoms with van der Waals surface area (Å²) in [5.74, 6) is 0. The topological polar surface area (TPSA) is 108 Å². The Bertz CT molecular complexity index is 1260. The number of halogens is 2. The van der Waals surface area contributed by atoms with Crippen molar-refractivity contribution in [2.75, 3.05) is 4.31 Å². The van der Waals surface area contributed by atoms with E-state index < -0.39 is 22.9 Å². The van der Waals surface area contributed by atoms with E-state index in [1.807, 2.05) is 0 Å². The first-order chi connectivity index (χ1) is 14.5. The molecule has 2 N–H and O–H groups in total. The lowest BCUT2D eigenvalue weighted by atomic mass is 10.1. The summed E-state index contributed by atoms with van der Waals surface area (Å²) in [5.41, 5.74) is 0.644. The van der Waals surface area contributed by atoms with Crippen LogP contribution in [0.25, 0.3) is 10.9 Å². The zero-order valence-electron chi connectivity index (χ0n) is 16.7. The molecular formula is C20H21Cl2N2O5PS. The fraction of sp³-hybridized carbons (Fsp3) is 0.250. The Morgan fingerprint density at radius 3 is 2.16 bits per heavy atom. The highest BCUT2D eigenvalue weighted by Crippen LogP contribution is 2.58. The normalized spacial score (nSPS) is 12.8. The molecule has 3 aromatic rings. The van der Waals surface area contributed by atoms with Crippen molar-refractivity contribution in [1.29, 1.82) is 0 Å². The minimum Gasteiger partial charge on any atom is -0.323 e. The summed E-state index contributed by atoms with van der Waals surface area (Å²) >= 11 is 12.0. The van der Waals surface area contributed by atoms with Crippen molar-refractivity contribution in [1.82, 2.24) is 4.98 Å². The highest BCUT2D eigenvalue weighted by molar-refractivity contribution is 7.93. The van der Waals surface area contributed by atoms with Crippen LogP contribution >= 0.6 is 30.8 Å². The number of nitrogens with zero attached hydrogens (tertiary/aromatic N) is 2. The molecule has 0 atom stereocenters. The third-order valence-electron chi connectivity index (χ3n) is 5.24. The molecule has 1 aromatic heterocycles. The van der Waals surface area contributed by atoms with Crippen molar-refractivity contribution in [2.24, 2.45) is 0 Å². The van der Waals surface area contributed by atoms with Gasteiger partial charge in [0.1, 0.15) is 0 Å². The van der Waals surface area contributed by atoms with E-state index in [0.717, 1.165) is 4.31 Å². The number of sulfonamides is 1. The zero-order chi connectivity index (χ0) is 23.0. The van der Waals surface area contributed by atoms with Crippen molar-refractivity contribution >= 4 is 57.4 Å². The van der Waals surface area contributed by atoms with E-state index in [9.17, 15) is 22.8 Å². The Balaban J connectivity index is 2.39. The number of aromatic nitrogens is 1. The first-order valence-corrected chi connectivity index (χ1v) is 13.2. The average Bonchev–Trinajstić information content (AvgIpc) is 2.69. The number of hydrogen-bond donors (Lipinski definition) is 2. The van der Waals surface area contributed by atoms with Gasteiger partial charge >= 0.3 is 7.60 Å². The van der Waals surface area contributed by atoms with Crippen LogP contribution in [0.1, 0.15) is 26.7 Å². The zero-order valence-corrected chi connectivity index (χ0v) is 20.0. The van der Waals surface area contributed by atoms with Gasteiger partial charge in [0.15, 0.2) is 5.28 Å². The molecule has 0 saturated carbocycles. The molecule has 0 fully saturated rings. The third kappa shape index (κ3) is 4.33. The van der Waals surface area contributed by atoms with Crippen molar-refractivity contribution < 1.29 is 22.8 Å². The van der Waals surface area contributed by atoms with Gasteiger partial charge in [-0.05, 0) is 43.2 Å². The van der Waals surface area contributed by atoms with Gasteiger partial charge in [-0.2, -0.15) is 0 Å². The smallest absolute Gasteiger partial charge is 0.323 e. The van der Waals surface area contributed by atoms with Crippen LogP contribution in [0.15, 0.2) is 59.6 Å². The van der Waals surface area contributed by atoms with Crippen LogP contribution in [-0.2, 0) is 14.6 Å². The quantitative estimate of drug-likeness (QED) is 0.417. The first kappa shape index (κ1) is 24.0. The number of hydrogen-bond acceptors (Lipinski definition) is 4. The highest BCUT2D eigenvalue weighted by atomic mass is 35.5. The molecule has 2 aromatic carbocycles. The molecule has 0 aliphatic rings. The fourth-order valence-corrected chi connectivity index (χ4v) is 7.94. The van der Waals surface area contributed by atoms with Crippen LogP contribution in [0.2, 0.25) is 10.0 Å². The number of pyridine rings is 1. The molecule has 1 heterocycles. The Morgan fingerprint density at radius 1 is 1.03 bits per heavy atom. The van der Waals surface area contributed by atoms with Crippen LogP contribution in [0, 0.1) is 0 Å². The highest BCUT2D eigenvalue weighted by Gasteiger charge is 2.54. The number of rotatable bonds is 7. The van der Waals surface area contributed by atoms with E-state index in [0.29, 0.717) is 10.9 Å². The number of fused-ring (bicyclic) bond motifs is 1. The molecule has 7 nitrogen and oxygen atoms in total. The van der Waals surface area contributed by atoms with Crippen LogP contribution in [0.4, 0.5) is 5.69 Å². The summed E-state index contributed by atoms with van der Waals surface area (Å²) in [4.78, 5) is 24.7. The Kier molecular flexibility index (Phi) is 6.73. The molecule has 0 spiro atoms. The summed E-state index contributed by atoms with van der Waals surface area (Å²) < 4.78 is 41.1. The summed E-state index contributed by atoms with van der Waals surface area (Å²) in [6.45, 7) is 3.06. The van der Waals surface area contributed by atoms with Crippen LogP contribution < -0.4 is 4.31 Å². The second-order valence-electron chi connectivity index (χ2n) is 6.99. The number of benzene rings is 2. The summed E-state index contributed by atoms with van der Waals surface area (Å²) in [6, 6.07) is 12.4. The molecule has 0 unspecified atom stereocenters. The molecule has 0 aliphatic heterocycles. The molecule has 0 bridgehead atoms. The summed E-state index contributed by atoms with van der Waals surface area (Å²) in [5, 5.41) is -1.25. The van der Waals surface area contributed by atoms with Gasteiger partial charge in [0.25, 0.3) is 10.0 Å². The van der Waals surface area contributed by atoms with Crippen molar-refractivity contribution in [3.05, 3.63) is 64.8 Å². The predicted molar refractivity (Wildman–Crippen MR) is 123 cm³/mol. The lowest BCUT2D eigenvalue weighted by molar-refractivity contribution is 0.316. The van der Waals surface area contributed by atoms with Crippen molar-refractivity contribution in [3.63, 3.8) is 0 Å². The predicted octanol–water partition coefficient (Wildman–Crippen LogP) is 5.43. The van der Waals surface area contributed by atoms with Crippen LogP contribution in [-0.4, -0.2) is 28.5 Å². The van der Waals surface area contributed by atoms with E-state index in [-0.39, 0.29) is 33.5 Å². The molecule has 0 radical (unpaired) electrons. The Morgan fingerprint density at radius 2 is 1.61 bits per heavy atom. The molecule has 31 heavy (non-hydrogen) atoms. The molecule has 166 valence electrons. The maximum absolute atomic E-state index is 13.8. The fourth-order valence-electron chi connectivity index (χ4n) is 3.62. The van der Waals surface area contributed by atoms with E-state index in [2.05, 4.69) is 4.98 Å². The van der Waals surface area contributed by atoms with E-state index in [1.165, 1.54) is 38.2 Å². The third-order valence-corrected chi connectivity index (χ3v) is 9.60. The SMILES string of the molecule is CCC(CC)(N(c1cnc2ccccc2c1)S(=O)(=O)c1cc(Cl)cc(Cl)c1)P(=O)(O)O. The molecule has 3 rings (SSSR count). The van der Waals surface area contributed by atoms with Gasteiger partial charge in [-0.1, -0.05) is 55.2 Å². The second-order valence-corrected chi connectivity index (χ2v) is 11.6. The summed E-state index contributed by atoms with van der Waals surface area (Å²) in [6.07, 6.45) is 1.00. The standard InChI is InChI=1S/C20H21Cl2N2O5PS/c1-3-20(4-2,30(25,26)27)24(17-9-14-7-5-6-8-19(14)23-13-17)31(28,29)18-11-15(21)10-16(22)12-18/h5-13H,3-4H2,1-2H3,(H2,25,26,27). The van der Waals surface area contributed by atoms with Gasteiger partial charge in [0.05, 0.1) is 22.3 Å². The van der Waals surface area contributed by atoms with Crippen LogP contribution in [0.5, 0.6) is 0 Å². The molecule has 0 aliphatic carbocycles. The van der Waals surface area contributed by atoms with Gasteiger partial charge in [0.2, 0.25) is 0 Å². The molecular weight excluding hydrogens is 482 g/mol. The van der Waals surface area contributed by atoms with E-state index in [1.54, 1.807) is 30.3 Å². The average molecular weight is 503 g/mol. The summed E-state index contributed by atoms with van der Waals surface area (Å²) in [7, 11) is -9.48. The Hall–Kier alpha value is -1.67. The molecule has 0 saturated heterocycles. The Labute approximate surface area is 190 Å². The van der Waals surface area contributed by atoms with Crippen molar-refractivity contribution in [3.8, 4) is 0 Å². The van der Waals surface area contributed by atoms with Gasteiger partial charge in [-0.25, -0.2) is 12.7 Å². The first-order valence-electron chi connectivity index (χ1n) is 9.38. The monoisotopic (exact) mass is 502 g/mol. The van der Waals surface area contributed by atoms with Crippen molar-refractivity contribution in [2.45, 2.75) is 36.9 Å². The lowest BCUT2D eigenvalue weighted by Crippen LogP contribution is -2.51. The number of para-hydroxylation sites is 1. The maximum Gasteiger partial charge on any atom is 0.351 e. The maximum atomic E-state index is 13.8. The molecule has 11 heteroatoms. The minimum atomic E-state index is -4.98. The minimum absolute atomic E-state index is 0.0295. The van der Waals surface area contributed by atoms with Crippen LogP contribution in [0.3, 0.4) is 0 Å². The number of anilines is 1. The largest absolute Gasteiger partial charge is 0.351 e. The van der Waals surface area contributed by atoms with Gasteiger partial charge in [-0.15, -0.1) is 0 Å². The van der Waals surface area contributed by atoms with Gasteiger partial charge in [0, 0.05) is 15.4 Å². The lowest BCUT2D eigenvalue weighted by Gasteiger charge is -2.43. The van der Waals surface area contributed by atoms with E-state index >= 15 is 0 Å². The molecule has 0 amide bonds. The van der Waals surface area contributed by atoms with Gasteiger partial charge in [-0.3, -0.25) is 9.55 Å².